The summed E-state index contributed by atoms with van der Waals surface area (Å²) in [4.78, 5) is 23.4. The number of carbonyl (C=O) groups excluding carboxylic acids is 2. The Hall–Kier alpha value is -3.06. The first kappa shape index (κ1) is 21.2. The number of hydrogen-bond donors (Lipinski definition) is 2. The van der Waals surface area contributed by atoms with Crippen molar-refractivity contribution in [2.45, 2.75) is 13.0 Å². The Labute approximate surface area is 167 Å². The molecular weight excluding hydrogens is 387 g/mol. The van der Waals surface area contributed by atoms with Gasteiger partial charge in [0.1, 0.15) is 18.2 Å². The minimum Gasteiger partial charge on any atom is -0.484 e. The molecule has 0 aliphatic heterocycles. The fourth-order valence-electron chi connectivity index (χ4n) is 2.09. The predicted molar refractivity (Wildman–Crippen MR) is 103 cm³/mol. The topological polar surface area (TPSA) is 76.7 Å². The minimum absolute atomic E-state index is 0.0230. The number of alkyl carbamates (subject to hydrolysis) is 1. The van der Waals surface area contributed by atoms with Crippen LogP contribution in [0, 0.1) is 5.82 Å². The molecule has 0 aliphatic carbocycles. The molecule has 2 N–H and O–H groups in total. The molecule has 0 atom stereocenters. The SMILES string of the molecule is C=C(CCNC(=O)COc1ccc(Cl)c(F)c1)NC(=O)OCc1ccccc1. The van der Waals surface area contributed by atoms with Crippen LogP contribution in [0.15, 0.2) is 60.8 Å². The van der Waals surface area contributed by atoms with Crippen LogP contribution in [0.4, 0.5) is 9.18 Å². The second-order valence-electron chi connectivity index (χ2n) is 5.75. The number of carbonyl (C=O) groups is 2. The van der Waals surface area contributed by atoms with E-state index < -0.39 is 17.8 Å². The second kappa shape index (κ2) is 10.9. The van der Waals surface area contributed by atoms with Crippen LogP contribution in [-0.2, 0) is 16.1 Å². The van der Waals surface area contributed by atoms with Gasteiger partial charge in [0.05, 0.1) is 5.02 Å². The number of nitrogens with one attached hydrogen (secondary N) is 2. The fraction of sp³-hybridized carbons (Fsp3) is 0.200. The van der Waals surface area contributed by atoms with Crippen molar-refractivity contribution < 1.29 is 23.5 Å². The third-order valence-electron chi connectivity index (χ3n) is 3.50. The number of hydrogen-bond acceptors (Lipinski definition) is 4. The molecule has 2 amide bonds. The van der Waals surface area contributed by atoms with Crippen LogP contribution < -0.4 is 15.4 Å². The first-order valence-corrected chi connectivity index (χ1v) is 8.82. The predicted octanol–water partition coefficient (Wildman–Crippen LogP) is 3.80. The highest BCUT2D eigenvalue weighted by Crippen LogP contribution is 2.20. The molecule has 0 fully saturated rings. The van der Waals surface area contributed by atoms with Gasteiger partial charge in [0.15, 0.2) is 6.61 Å². The lowest BCUT2D eigenvalue weighted by Crippen LogP contribution is -2.31. The molecule has 0 unspecified atom stereocenters. The monoisotopic (exact) mass is 406 g/mol. The van der Waals surface area contributed by atoms with Crippen LogP contribution in [0.5, 0.6) is 5.75 Å². The number of rotatable bonds is 9. The van der Waals surface area contributed by atoms with Gasteiger partial charge in [-0.25, -0.2) is 9.18 Å². The van der Waals surface area contributed by atoms with Gasteiger partial charge in [0.2, 0.25) is 0 Å². The van der Waals surface area contributed by atoms with E-state index in [1.165, 1.54) is 12.1 Å². The summed E-state index contributed by atoms with van der Waals surface area (Å²) in [5.74, 6) is -0.819. The van der Waals surface area contributed by atoms with Gasteiger partial charge in [-0.15, -0.1) is 0 Å². The van der Waals surface area contributed by atoms with Crippen molar-refractivity contribution in [3.05, 3.63) is 77.2 Å². The summed E-state index contributed by atoms with van der Waals surface area (Å²) >= 11 is 5.57. The highest BCUT2D eigenvalue weighted by molar-refractivity contribution is 6.30. The van der Waals surface area contributed by atoms with Gasteiger partial charge in [0.25, 0.3) is 5.91 Å². The average Bonchev–Trinajstić information content (AvgIpc) is 2.68. The Kier molecular flexibility index (Phi) is 8.30. The third kappa shape index (κ3) is 7.67. The van der Waals surface area contributed by atoms with Crippen molar-refractivity contribution >= 4 is 23.6 Å². The van der Waals surface area contributed by atoms with E-state index in [0.717, 1.165) is 11.6 Å². The van der Waals surface area contributed by atoms with Crippen molar-refractivity contribution in [3.8, 4) is 5.75 Å². The molecule has 6 nitrogen and oxygen atoms in total. The van der Waals surface area contributed by atoms with Gasteiger partial charge in [-0.1, -0.05) is 48.5 Å². The molecule has 0 saturated heterocycles. The van der Waals surface area contributed by atoms with E-state index in [0.29, 0.717) is 12.1 Å². The Bertz CT molecular complexity index is 830. The molecule has 148 valence electrons. The summed E-state index contributed by atoms with van der Waals surface area (Å²) < 4.78 is 23.5. The summed E-state index contributed by atoms with van der Waals surface area (Å²) in [6.07, 6.45) is -0.296. The summed E-state index contributed by atoms with van der Waals surface area (Å²) in [5, 5.41) is 5.08. The standard InChI is InChI=1S/C20H20ClFN2O4/c1-14(24-20(26)28-12-15-5-3-2-4-6-15)9-10-23-19(25)13-27-16-7-8-17(21)18(22)11-16/h2-8,11H,1,9-10,12-13H2,(H,23,25)(H,24,26). The molecule has 2 aromatic carbocycles. The van der Waals surface area contributed by atoms with Gasteiger partial charge >= 0.3 is 6.09 Å². The molecule has 0 heterocycles. The second-order valence-corrected chi connectivity index (χ2v) is 6.16. The van der Waals surface area contributed by atoms with E-state index >= 15 is 0 Å². The molecule has 0 bridgehead atoms. The van der Waals surface area contributed by atoms with Gasteiger partial charge < -0.3 is 14.8 Å². The molecule has 0 aliphatic rings. The van der Waals surface area contributed by atoms with Crippen LogP contribution in [0.3, 0.4) is 0 Å². The summed E-state index contributed by atoms with van der Waals surface area (Å²) in [5.41, 5.74) is 1.27. The van der Waals surface area contributed by atoms with E-state index in [-0.39, 0.29) is 30.5 Å². The van der Waals surface area contributed by atoms with Crippen molar-refractivity contribution in [1.29, 1.82) is 0 Å². The Morgan fingerprint density at radius 2 is 1.89 bits per heavy atom. The van der Waals surface area contributed by atoms with Crippen molar-refractivity contribution in [1.82, 2.24) is 10.6 Å². The van der Waals surface area contributed by atoms with E-state index in [1.807, 2.05) is 30.3 Å². The highest BCUT2D eigenvalue weighted by Gasteiger charge is 2.07. The summed E-state index contributed by atoms with van der Waals surface area (Å²) in [6.45, 7) is 3.83. The highest BCUT2D eigenvalue weighted by atomic mass is 35.5. The Morgan fingerprint density at radius 1 is 1.14 bits per heavy atom. The zero-order valence-electron chi connectivity index (χ0n) is 15.0. The van der Waals surface area contributed by atoms with Gasteiger partial charge in [-0.05, 0) is 17.7 Å². The third-order valence-corrected chi connectivity index (χ3v) is 3.81. The van der Waals surface area contributed by atoms with E-state index in [4.69, 9.17) is 21.1 Å². The molecule has 0 spiro atoms. The van der Waals surface area contributed by atoms with Crippen molar-refractivity contribution in [2.75, 3.05) is 13.2 Å². The lowest BCUT2D eigenvalue weighted by atomic mass is 10.2. The largest absolute Gasteiger partial charge is 0.484 e. The number of halogens is 2. The van der Waals surface area contributed by atoms with Crippen LogP contribution in [-0.4, -0.2) is 25.2 Å². The molecule has 0 aromatic heterocycles. The number of benzene rings is 2. The van der Waals surface area contributed by atoms with Crippen LogP contribution in [0.1, 0.15) is 12.0 Å². The van der Waals surface area contributed by atoms with Gasteiger partial charge in [-0.3, -0.25) is 10.1 Å². The Balaban J connectivity index is 1.59. The normalized spacial score (nSPS) is 10.1. The maximum atomic E-state index is 13.3. The summed E-state index contributed by atoms with van der Waals surface area (Å²) in [6, 6.07) is 13.2. The molecule has 0 saturated carbocycles. The van der Waals surface area contributed by atoms with Crippen molar-refractivity contribution in [3.63, 3.8) is 0 Å². The quantitative estimate of drug-likeness (QED) is 0.664. The maximum Gasteiger partial charge on any atom is 0.411 e. The molecular formula is C20H20ClFN2O4. The van der Waals surface area contributed by atoms with E-state index in [9.17, 15) is 14.0 Å². The number of ether oxygens (including phenoxy) is 2. The first-order chi connectivity index (χ1) is 13.4. The molecule has 0 radical (unpaired) electrons. The van der Waals surface area contributed by atoms with Gasteiger partial charge in [0, 0.05) is 24.7 Å². The number of amides is 2. The lowest BCUT2D eigenvalue weighted by molar-refractivity contribution is -0.123. The van der Waals surface area contributed by atoms with Crippen LogP contribution in [0.25, 0.3) is 0 Å². The average molecular weight is 407 g/mol. The minimum atomic E-state index is -0.624. The first-order valence-electron chi connectivity index (χ1n) is 8.44. The van der Waals surface area contributed by atoms with Crippen LogP contribution in [0.2, 0.25) is 5.02 Å². The maximum absolute atomic E-state index is 13.3. The van der Waals surface area contributed by atoms with E-state index in [2.05, 4.69) is 17.2 Å². The molecule has 8 heteroatoms. The Morgan fingerprint density at radius 3 is 2.61 bits per heavy atom. The zero-order chi connectivity index (χ0) is 20.4. The fourth-order valence-corrected chi connectivity index (χ4v) is 2.20. The molecule has 2 rings (SSSR count). The van der Waals surface area contributed by atoms with E-state index in [1.54, 1.807) is 0 Å². The molecule has 28 heavy (non-hydrogen) atoms. The van der Waals surface area contributed by atoms with Crippen LogP contribution >= 0.6 is 11.6 Å². The molecule has 2 aromatic rings. The smallest absolute Gasteiger partial charge is 0.411 e. The lowest BCUT2D eigenvalue weighted by Gasteiger charge is -2.11. The zero-order valence-corrected chi connectivity index (χ0v) is 15.8. The summed E-state index contributed by atoms with van der Waals surface area (Å²) in [7, 11) is 0. The van der Waals surface area contributed by atoms with Gasteiger partial charge in [-0.2, -0.15) is 0 Å². The van der Waals surface area contributed by atoms with Crippen molar-refractivity contribution in [2.24, 2.45) is 0 Å².